The van der Waals surface area contributed by atoms with Crippen LogP contribution in [0.1, 0.15) is 11.1 Å². The Morgan fingerprint density at radius 3 is 2.62 bits per heavy atom. The molecule has 2 aromatic carbocycles. The highest BCUT2D eigenvalue weighted by molar-refractivity contribution is 9.10. The van der Waals surface area contributed by atoms with Crippen molar-refractivity contribution in [2.45, 2.75) is 13.8 Å². The largest absolute Gasteiger partial charge is 0.225 e. The fourth-order valence-electron chi connectivity index (χ4n) is 2.24. The van der Waals surface area contributed by atoms with Gasteiger partial charge in [0.2, 0.25) is 0 Å². The Bertz CT molecular complexity index is 865. The summed E-state index contributed by atoms with van der Waals surface area (Å²) in [6, 6.07) is 8.82. The molecule has 1 heterocycles. The molecule has 106 valence electrons. The summed E-state index contributed by atoms with van der Waals surface area (Å²) in [6.07, 6.45) is 0. The summed E-state index contributed by atoms with van der Waals surface area (Å²) in [5.41, 5.74) is 3.27. The van der Waals surface area contributed by atoms with Gasteiger partial charge in [-0.3, -0.25) is 0 Å². The second kappa shape index (κ2) is 5.35. The van der Waals surface area contributed by atoms with Gasteiger partial charge in [-0.05, 0) is 53.0 Å². The van der Waals surface area contributed by atoms with Gasteiger partial charge in [-0.2, -0.15) is 0 Å². The highest BCUT2D eigenvalue weighted by Crippen LogP contribution is 2.33. The first-order valence-corrected chi connectivity index (χ1v) is 7.54. The quantitative estimate of drug-likeness (QED) is 0.534. The molecule has 2 nitrogen and oxygen atoms in total. The van der Waals surface area contributed by atoms with Gasteiger partial charge in [0, 0.05) is 10.0 Å². The van der Waals surface area contributed by atoms with Gasteiger partial charge in [0.05, 0.1) is 5.39 Å². The molecule has 3 rings (SSSR count). The van der Waals surface area contributed by atoms with E-state index in [1.807, 2.05) is 32.0 Å². The zero-order valence-electron chi connectivity index (χ0n) is 11.4. The van der Waals surface area contributed by atoms with Crippen LogP contribution in [0.25, 0.3) is 22.3 Å². The van der Waals surface area contributed by atoms with Crippen molar-refractivity contribution in [3.05, 3.63) is 56.9 Å². The highest BCUT2D eigenvalue weighted by atomic mass is 79.9. The Balaban J connectivity index is 2.36. The van der Waals surface area contributed by atoms with Crippen molar-refractivity contribution >= 4 is 38.4 Å². The van der Waals surface area contributed by atoms with E-state index in [0.717, 1.165) is 16.7 Å². The molecule has 0 bridgehead atoms. The van der Waals surface area contributed by atoms with Gasteiger partial charge >= 0.3 is 0 Å². The van der Waals surface area contributed by atoms with Gasteiger partial charge in [-0.25, -0.2) is 14.4 Å². The summed E-state index contributed by atoms with van der Waals surface area (Å²) < 4.78 is 14.7. The molecule has 0 atom stereocenters. The molecule has 0 spiro atoms. The number of fused-ring (bicyclic) bond motifs is 1. The number of hydrogen-bond acceptors (Lipinski definition) is 2. The maximum atomic E-state index is 14.1. The summed E-state index contributed by atoms with van der Waals surface area (Å²) in [5.74, 6) is 0.0229. The Kier molecular flexibility index (Phi) is 3.68. The van der Waals surface area contributed by atoms with Crippen LogP contribution in [0.2, 0.25) is 5.15 Å². The molecule has 0 aliphatic heterocycles. The van der Waals surface area contributed by atoms with Crippen molar-refractivity contribution < 1.29 is 4.39 Å². The summed E-state index contributed by atoms with van der Waals surface area (Å²) in [4.78, 5) is 8.70. The molecule has 0 saturated heterocycles. The molecule has 0 aliphatic carbocycles. The number of hydrogen-bond donors (Lipinski definition) is 0. The zero-order valence-corrected chi connectivity index (χ0v) is 13.8. The van der Waals surface area contributed by atoms with Gasteiger partial charge in [0.25, 0.3) is 0 Å². The average Bonchev–Trinajstić information content (AvgIpc) is 2.45. The Labute approximate surface area is 135 Å². The standard InChI is InChI=1S/C16H11BrClFN2/c1-8-4-3-5-10(9(8)2)16-20-14-12(19)7-6-11(17)13(14)15(18)21-16/h3-7H,1-2H3. The summed E-state index contributed by atoms with van der Waals surface area (Å²) in [6.45, 7) is 4.00. The van der Waals surface area contributed by atoms with Crippen LogP contribution in [-0.2, 0) is 0 Å². The lowest BCUT2D eigenvalue weighted by atomic mass is 10.0. The Hall–Kier alpha value is -1.52. The lowest BCUT2D eigenvalue weighted by Crippen LogP contribution is -1.97. The number of rotatable bonds is 1. The molecule has 0 unspecified atom stereocenters. The van der Waals surface area contributed by atoms with Crippen LogP contribution in [0.15, 0.2) is 34.8 Å². The zero-order chi connectivity index (χ0) is 15.1. The normalized spacial score (nSPS) is 11.1. The molecular weight excluding hydrogens is 355 g/mol. The number of halogens is 3. The van der Waals surface area contributed by atoms with Crippen molar-refractivity contribution in [1.82, 2.24) is 9.97 Å². The fraction of sp³-hybridized carbons (Fsp3) is 0.125. The maximum absolute atomic E-state index is 14.1. The molecule has 5 heteroatoms. The SMILES string of the molecule is Cc1cccc(-c2nc(Cl)c3c(Br)ccc(F)c3n2)c1C. The fourth-order valence-corrected chi connectivity index (χ4v) is 3.13. The van der Waals surface area contributed by atoms with E-state index in [9.17, 15) is 4.39 Å². The molecule has 0 aliphatic rings. The predicted octanol–water partition coefficient (Wildman–Crippen LogP) is 5.47. The molecule has 1 aromatic heterocycles. The number of aromatic nitrogens is 2. The second-order valence-electron chi connectivity index (χ2n) is 4.84. The molecule has 0 saturated carbocycles. The van der Waals surface area contributed by atoms with E-state index in [1.165, 1.54) is 6.07 Å². The molecule has 21 heavy (non-hydrogen) atoms. The molecule has 0 fully saturated rings. The van der Waals surface area contributed by atoms with E-state index in [0.29, 0.717) is 15.7 Å². The molecule has 0 N–H and O–H groups in total. The Morgan fingerprint density at radius 1 is 1.10 bits per heavy atom. The van der Waals surface area contributed by atoms with Crippen molar-refractivity contribution in [3.63, 3.8) is 0 Å². The van der Waals surface area contributed by atoms with E-state index >= 15 is 0 Å². The lowest BCUT2D eigenvalue weighted by molar-refractivity contribution is 0.636. The number of nitrogens with zero attached hydrogens (tertiary/aromatic N) is 2. The Morgan fingerprint density at radius 2 is 1.86 bits per heavy atom. The number of aryl methyl sites for hydroxylation is 1. The van der Waals surface area contributed by atoms with E-state index < -0.39 is 5.82 Å². The second-order valence-corrected chi connectivity index (χ2v) is 6.05. The van der Waals surface area contributed by atoms with Crippen LogP contribution in [0.5, 0.6) is 0 Å². The molecule has 3 aromatic rings. The van der Waals surface area contributed by atoms with Crippen molar-refractivity contribution in [2.75, 3.05) is 0 Å². The lowest BCUT2D eigenvalue weighted by Gasteiger charge is -2.10. The molecule has 0 radical (unpaired) electrons. The van der Waals surface area contributed by atoms with E-state index in [1.54, 1.807) is 6.07 Å². The summed E-state index contributed by atoms with van der Waals surface area (Å²) in [5, 5.41) is 0.730. The molecule has 0 amide bonds. The summed E-state index contributed by atoms with van der Waals surface area (Å²) in [7, 11) is 0. The van der Waals surface area contributed by atoms with Crippen LogP contribution >= 0.6 is 27.5 Å². The smallest absolute Gasteiger partial charge is 0.161 e. The first kappa shape index (κ1) is 14.4. The van der Waals surface area contributed by atoms with E-state index in [4.69, 9.17) is 11.6 Å². The van der Waals surface area contributed by atoms with Crippen LogP contribution in [0, 0.1) is 19.7 Å². The topological polar surface area (TPSA) is 25.8 Å². The first-order valence-electron chi connectivity index (χ1n) is 6.37. The van der Waals surface area contributed by atoms with Gasteiger partial charge < -0.3 is 0 Å². The maximum Gasteiger partial charge on any atom is 0.161 e. The van der Waals surface area contributed by atoms with Crippen molar-refractivity contribution in [3.8, 4) is 11.4 Å². The van der Waals surface area contributed by atoms with Gasteiger partial charge in [-0.15, -0.1) is 0 Å². The summed E-state index contributed by atoms with van der Waals surface area (Å²) >= 11 is 9.59. The molecular formula is C16H11BrClFN2. The third-order valence-electron chi connectivity index (χ3n) is 3.55. The first-order chi connectivity index (χ1) is 9.99. The minimum absolute atomic E-state index is 0.222. The third-order valence-corrected chi connectivity index (χ3v) is 4.49. The van der Waals surface area contributed by atoms with Crippen LogP contribution in [-0.4, -0.2) is 9.97 Å². The number of benzene rings is 2. The minimum Gasteiger partial charge on any atom is -0.225 e. The van der Waals surface area contributed by atoms with E-state index in [-0.39, 0.29) is 10.7 Å². The average molecular weight is 366 g/mol. The van der Waals surface area contributed by atoms with Crippen LogP contribution in [0.4, 0.5) is 4.39 Å². The third kappa shape index (κ3) is 2.43. The van der Waals surface area contributed by atoms with E-state index in [2.05, 4.69) is 25.9 Å². The highest BCUT2D eigenvalue weighted by Gasteiger charge is 2.15. The van der Waals surface area contributed by atoms with Gasteiger partial charge in [0.1, 0.15) is 16.5 Å². The van der Waals surface area contributed by atoms with Crippen LogP contribution in [0.3, 0.4) is 0 Å². The minimum atomic E-state index is -0.413. The van der Waals surface area contributed by atoms with Gasteiger partial charge in [-0.1, -0.05) is 29.8 Å². The predicted molar refractivity (Wildman–Crippen MR) is 87.1 cm³/mol. The van der Waals surface area contributed by atoms with Crippen molar-refractivity contribution in [1.29, 1.82) is 0 Å². The van der Waals surface area contributed by atoms with Crippen molar-refractivity contribution in [2.24, 2.45) is 0 Å². The van der Waals surface area contributed by atoms with Crippen LogP contribution < -0.4 is 0 Å². The monoisotopic (exact) mass is 364 g/mol. The van der Waals surface area contributed by atoms with Gasteiger partial charge in [0.15, 0.2) is 5.82 Å².